The average Bonchev–Trinajstić information content (AvgIpc) is 2.80. The Hall–Kier alpha value is -3.90. The summed E-state index contributed by atoms with van der Waals surface area (Å²) >= 11 is 6.39. The third-order valence-corrected chi connectivity index (χ3v) is 6.00. The van der Waals surface area contributed by atoms with E-state index in [4.69, 9.17) is 16.3 Å². The van der Waals surface area contributed by atoms with Crippen LogP contribution in [-0.2, 0) is 16.2 Å². The number of hydrogen-bond acceptors (Lipinski definition) is 4. The maximum absolute atomic E-state index is 13.2. The van der Waals surface area contributed by atoms with E-state index >= 15 is 0 Å². The first-order valence-corrected chi connectivity index (χ1v) is 11.1. The minimum atomic E-state index is -0.779. The summed E-state index contributed by atoms with van der Waals surface area (Å²) in [6.07, 6.45) is 1.41. The fraction of sp³-hybridized carbons (Fsp3) is 0.148. The molecule has 4 rings (SSSR count). The molecule has 6 nitrogen and oxygen atoms in total. The molecule has 1 aliphatic rings. The number of aryl methyl sites for hydroxylation is 2. The van der Waals surface area contributed by atoms with Gasteiger partial charge in [-0.2, -0.15) is 0 Å². The SMILES string of the molecule is Cc1ccc(COc2ccc(/C=C3\C(=O)NC(=O)N(c4cccc(C)c4C)C3=O)cc2Cl)cc1. The molecule has 1 N–H and O–H groups in total. The lowest BCUT2D eigenvalue weighted by atomic mass is 10.0. The Morgan fingerprint density at radius 2 is 1.71 bits per heavy atom. The molecule has 4 amide bonds. The van der Waals surface area contributed by atoms with Crippen molar-refractivity contribution in [2.75, 3.05) is 4.90 Å². The number of rotatable bonds is 5. The predicted molar refractivity (Wildman–Crippen MR) is 132 cm³/mol. The minimum absolute atomic E-state index is 0.162. The molecule has 34 heavy (non-hydrogen) atoms. The number of halogens is 1. The van der Waals surface area contributed by atoms with Crippen LogP contribution in [0.4, 0.5) is 10.5 Å². The highest BCUT2D eigenvalue weighted by atomic mass is 35.5. The van der Waals surface area contributed by atoms with Gasteiger partial charge in [0.15, 0.2) is 0 Å². The normalized spacial score (nSPS) is 15.0. The topological polar surface area (TPSA) is 75.7 Å². The fourth-order valence-electron chi connectivity index (χ4n) is 3.59. The average molecular weight is 475 g/mol. The second-order valence-electron chi connectivity index (χ2n) is 8.14. The molecule has 3 aromatic carbocycles. The number of ether oxygens (including phenoxy) is 1. The number of nitrogens with zero attached hydrogens (tertiary/aromatic N) is 1. The number of hydrogen-bond donors (Lipinski definition) is 1. The number of benzene rings is 3. The second-order valence-corrected chi connectivity index (χ2v) is 8.55. The van der Waals surface area contributed by atoms with Crippen LogP contribution in [0.2, 0.25) is 5.02 Å². The zero-order valence-corrected chi connectivity index (χ0v) is 19.8. The third-order valence-electron chi connectivity index (χ3n) is 5.70. The summed E-state index contributed by atoms with van der Waals surface area (Å²) in [6.45, 7) is 6.08. The van der Waals surface area contributed by atoms with E-state index in [2.05, 4.69) is 5.32 Å². The molecule has 0 atom stereocenters. The monoisotopic (exact) mass is 474 g/mol. The van der Waals surface area contributed by atoms with Crippen molar-refractivity contribution in [2.24, 2.45) is 0 Å². The Morgan fingerprint density at radius 3 is 2.41 bits per heavy atom. The van der Waals surface area contributed by atoms with Crippen molar-refractivity contribution >= 4 is 41.2 Å². The van der Waals surface area contributed by atoms with Crippen LogP contribution in [0.25, 0.3) is 6.08 Å². The minimum Gasteiger partial charge on any atom is -0.487 e. The molecule has 3 aromatic rings. The number of barbiturate groups is 1. The Morgan fingerprint density at radius 1 is 0.971 bits per heavy atom. The summed E-state index contributed by atoms with van der Waals surface area (Å²) in [5.74, 6) is -0.971. The van der Waals surface area contributed by atoms with Crippen molar-refractivity contribution in [1.82, 2.24) is 5.32 Å². The number of nitrogens with one attached hydrogen (secondary N) is 1. The van der Waals surface area contributed by atoms with E-state index in [1.807, 2.05) is 51.1 Å². The van der Waals surface area contributed by atoms with Gasteiger partial charge in [-0.25, -0.2) is 9.69 Å². The highest BCUT2D eigenvalue weighted by molar-refractivity contribution is 6.39. The molecule has 0 aromatic heterocycles. The van der Waals surface area contributed by atoms with Gasteiger partial charge in [0.1, 0.15) is 17.9 Å². The first-order chi connectivity index (χ1) is 16.2. The molecule has 0 spiro atoms. The van der Waals surface area contributed by atoms with Crippen LogP contribution in [0.3, 0.4) is 0 Å². The third kappa shape index (κ3) is 4.72. The number of amides is 4. The van der Waals surface area contributed by atoms with Crippen molar-refractivity contribution in [3.63, 3.8) is 0 Å². The van der Waals surface area contributed by atoms with E-state index < -0.39 is 17.8 Å². The van der Waals surface area contributed by atoms with E-state index in [9.17, 15) is 14.4 Å². The summed E-state index contributed by atoms with van der Waals surface area (Å²) in [7, 11) is 0. The van der Waals surface area contributed by atoms with Gasteiger partial charge in [0.2, 0.25) is 0 Å². The largest absolute Gasteiger partial charge is 0.487 e. The van der Waals surface area contributed by atoms with Gasteiger partial charge in [-0.3, -0.25) is 14.9 Å². The van der Waals surface area contributed by atoms with E-state index in [1.165, 1.54) is 11.6 Å². The van der Waals surface area contributed by atoms with Crippen LogP contribution in [0.1, 0.15) is 27.8 Å². The van der Waals surface area contributed by atoms with Gasteiger partial charge in [-0.15, -0.1) is 0 Å². The molecule has 1 aliphatic heterocycles. The van der Waals surface area contributed by atoms with Crippen molar-refractivity contribution in [1.29, 1.82) is 0 Å². The van der Waals surface area contributed by atoms with Crippen molar-refractivity contribution in [2.45, 2.75) is 27.4 Å². The lowest BCUT2D eigenvalue weighted by Gasteiger charge is -2.28. The van der Waals surface area contributed by atoms with Gasteiger partial charge >= 0.3 is 6.03 Å². The highest BCUT2D eigenvalue weighted by Gasteiger charge is 2.37. The Balaban J connectivity index is 1.58. The van der Waals surface area contributed by atoms with Crippen molar-refractivity contribution in [3.05, 3.63) is 99.1 Å². The summed E-state index contributed by atoms with van der Waals surface area (Å²) in [5, 5.41) is 2.59. The van der Waals surface area contributed by atoms with Gasteiger partial charge in [0.05, 0.1) is 10.7 Å². The molecule has 0 unspecified atom stereocenters. The predicted octanol–water partition coefficient (Wildman–Crippen LogP) is 5.51. The van der Waals surface area contributed by atoms with Gasteiger partial charge in [-0.1, -0.05) is 59.6 Å². The molecule has 0 radical (unpaired) electrons. The number of urea groups is 1. The lowest BCUT2D eigenvalue weighted by molar-refractivity contribution is -0.122. The molecular weight excluding hydrogens is 452 g/mol. The van der Waals surface area contributed by atoms with Crippen LogP contribution in [0.5, 0.6) is 5.75 Å². The molecule has 1 fully saturated rings. The molecular formula is C27H23ClN2O4. The second kappa shape index (κ2) is 9.53. The van der Waals surface area contributed by atoms with Gasteiger partial charge in [-0.05, 0) is 67.3 Å². The molecule has 0 aliphatic carbocycles. The van der Waals surface area contributed by atoms with E-state index in [0.717, 1.165) is 21.6 Å². The van der Waals surface area contributed by atoms with Crippen LogP contribution >= 0.6 is 11.6 Å². The number of carbonyl (C=O) groups excluding carboxylic acids is 3. The lowest BCUT2D eigenvalue weighted by Crippen LogP contribution is -2.54. The summed E-state index contributed by atoms with van der Waals surface area (Å²) in [5.41, 5.74) is 4.67. The Bertz CT molecular complexity index is 1330. The van der Waals surface area contributed by atoms with Crippen molar-refractivity contribution < 1.29 is 19.1 Å². The van der Waals surface area contributed by atoms with E-state index in [0.29, 0.717) is 28.6 Å². The first kappa shape index (κ1) is 23.3. The molecule has 172 valence electrons. The molecule has 1 saturated heterocycles. The van der Waals surface area contributed by atoms with Gasteiger partial charge < -0.3 is 4.74 Å². The smallest absolute Gasteiger partial charge is 0.335 e. The van der Waals surface area contributed by atoms with Gasteiger partial charge in [0.25, 0.3) is 11.8 Å². The highest BCUT2D eigenvalue weighted by Crippen LogP contribution is 2.30. The molecule has 0 saturated carbocycles. The van der Waals surface area contributed by atoms with Crippen LogP contribution in [-0.4, -0.2) is 17.8 Å². The molecule has 0 bridgehead atoms. The van der Waals surface area contributed by atoms with Gasteiger partial charge in [0, 0.05) is 0 Å². The summed E-state index contributed by atoms with van der Waals surface area (Å²) in [4.78, 5) is 39.1. The van der Waals surface area contributed by atoms with Crippen LogP contribution in [0.15, 0.2) is 66.2 Å². The quantitative estimate of drug-likeness (QED) is 0.390. The fourth-order valence-corrected chi connectivity index (χ4v) is 3.83. The zero-order valence-electron chi connectivity index (χ0n) is 19.0. The molecule has 1 heterocycles. The zero-order chi connectivity index (χ0) is 24.4. The van der Waals surface area contributed by atoms with Crippen LogP contribution < -0.4 is 15.0 Å². The Labute approximate surface area is 202 Å². The summed E-state index contributed by atoms with van der Waals surface area (Å²) in [6, 6.07) is 17.5. The molecule has 7 heteroatoms. The standard InChI is InChI=1S/C27H23ClN2O4/c1-16-7-9-19(10-8-16)15-34-24-12-11-20(14-22(24)28)13-21-25(31)29-27(33)30(26(21)32)23-6-4-5-17(2)18(23)3/h4-14H,15H2,1-3H3,(H,29,31,33)/b21-13+. The number of carbonyl (C=O) groups is 3. The van der Waals surface area contributed by atoms with Crippen molar-refractivity contribution in [3.8, 4) is 5.75 Å². The summed E-state index contributed by atoms with van der Waals surface area (Å²) < 4.78 is 5.81. The van der Waals surface area contributed by atoms with E-state index in [-0.39, 0.29) is 5.57 Å². The number of imide groups is 2. The van der Waals surface area contributed by atoms with E-state index in [1.54, 1.807) is 30.3 Å². The maximum atomic E-state index is 13.2. The Kier molecular flexibility index (Phi) is 6.52. The first-order valence-electron chi connectivity index (χ1n) is 10.7. The number of anilines is 1. The maximum Gasteiger partial charge on any atom is 0.335 e. The van der Waals surface area contributed by atoms with Crippen LogP contribution in [0, 0.1) is 20.8 Å².